The quantitative estimate of drug-likeness (QED) is 0.289. The normalized spacial score (nSPS) is 0. The number of rotatable bonds is 0. The van der Waals surface area contributed by atoms with Gasteiger partial charge in [0, 0.05) is 0 Å². The number of hydrogen-bond donors (Lipinski definition) is 0. The third-order valence-electron chi connectivity index (χ3n) is 0. The largest absolute Gasteiger partial charge is 3.00 e. The van der Waals surface area contributed by atoms with Crippen LogP contribution in [-0.4, -0.2) is 45.5 Å². The molecule has 0 aromatic rings. The molecule has 0 aromatic carbocycles. The molecule has 0 fully saturated rings. The van der Waals surface area contributed by atoms with Gasteiger partial charge in [-0.25, -0.2) is 0 Å². The molecule has 43 valence electrons. The summed E-state index contributed by atoms with van der Waals surface area (Å²) in [5, 5.41) is 0. The molecule has 0 bridgehead atoms. The Labute approximate surface area is 85.3 Å². The Hall–Kier alpha value is 1.66. The van der Waals surface area contributed by atoms with Crippen LogP contribution in [-0.2, 0) is 17.4 Å². The summed E-state index contributed by atoms with van der Waals surface area (Å²) in [7, 11) is 0. The Bertz CT molecular complexity index is 8.04. The molecule has 0 aliphatic carbocycles. The SMILES string of the molecule is [Cr+3].[F-].[F-].[F-].[F-].[F-].[Sr+2]. The van der Waals surface area contributed by atoms with Gasteiger partial charge in [-0.1, -0.05) is 0 Å². The van der Waals surface area contributed by atoms with Crippen molar-refractivity contribution in [1.82, 2.24) is 0 Å². The fourth-order valence-electron chi connectivity index (χ4n) is 0. The van der Waals surface area contributed by atoms with Crippen molar-refractivity contribution in [1.29, 1.82) is 0 Å². The molecule has 7 heavy (non-hydrogen) atoms. The van der Waals surface area contributed by atoms with Crippen LogP contribution >= 0.6 is 0 Å². The zero-order valence-corrected chi connectivity index (χ0v) is 7.76. The maximum atomic E-state index is 0. The van der Waals surface area contributed by atoms with Crippen molar-refractivity contribution in [2.45, 2.75) is 0 Å². The molecule has 0 N–H and O–H groups in total. The van der Waals surface area contributed by atoms with E-state index in [-0.39, 0.29) is 86.4 Å². The molecular formula is CrF5Sr. The first-order chi connectivity index (χ1) is 0. The molecule has 0 spiro atoms. The second-order valence-electron chi connectivity index (χ2n) is 0. The maximum absolute atomic E-state index is 0. The van der Waals surface area contributed by atoms with E-state index < -0.39 is 0 Å². The van der Waals surface area contributed by atoms with Crippen LogP contribution in [0.25, 0.3) is 0 Å². The molecule has 0 amide bonds. The molecular weight excluding hydrogens is 235 g/mol. The first-order valence-corrected chi connectivity index (χ1v) is 0. The van der Waals surface area contributed by atoms with Crippen molar-refractivity contribution >= 4 is 45.5 Å². The van der Waals surface area contributed by atoms with E-state index in [1.54, 1.807) is 0 Å². The Morgan fingerprint density at radius 1 is 0.429 bits per heavy atom. The van der Waals surface area contributed by atoms with Gasteiger partial charge in [-0.3, -0.25) is 0 Å². The van der Waals surface area contributed by atoms with Gasteiger partial charge in [0.2, 0.25) is 0 Å². The van der Waals surface area contributed by atoms with Crippen molar-refractivity contribution in [3.8, 4) is 0 Å². The Morgan fingerprint density at radius 3 is 0.429 bits per heavy atom. The maximum Gasteiger partial charge on any atom is 3.00 e. The summed E-state index contributed by atoms with van der Waals surface area (Å²) in [4.78, 5) is 0. The molecule has 1 radical (unpaired) electrons. The first-order valence-electron chi connectivity index (χ1n) is 0. The summed E-state index contributed by atoms with van der Waals surface area (Å²) in [6.07, 6.45) is 0. The molecule has 0 saturated heterocycles. The Morgan fingerprint density at radius 2 is 0.429 bits per heavy atom. The third-order valence-corrected chi connectivity index (χ3v) is 0. The van der Waals surface area contributed by atoms with Gasteiger partial charge in [0.05, 0.1) is 0 Å². The molecule has 0 heterocycles. The first kappa shape index (κ1) is 184. The standard InChI is InChI=1S/Cr.5FH.Sr/h;5*1H;/q+3;;;;;;+2/p-5. The van der Waals surface area contributed by atoms with Gasteiger partial charge >= 0.3 is 62.8 Å². The van der Waals surface area contributed by atoms with Crippen LogP contribution in [0, 0.1) is 0 Å². The van der Waals surface area contributed by atoms with Gasteiger partial charge in [-0.05, 0) is 0 Å². The Balaban J connectivity index is 0. The molecule has 0 atom stereocenters. The van der Waals surface area contributed by atoms with Crippen LogP contribution in [0.2, 0.25) is 0 Å². The van der Waals surface area contributed by atoms with Gasteiger partial charge < -0.3 is 23.5 Å². The van der Waals surface area contributed by atoms with Gasteiger partial charge in [0.15, 0.2) is 0 Å². The molecule has 0 aromatic heterocycles. The van der Waals surface area contributed by atoms with Crippen molar-refractivity contribution in [3.63, 3.8) is 0 Å². The topological polar surface area (TPSA) is 0 Å². The average Bonchev–Trinajstić information content (AvgIpc) is 0. The van der Waals surface area contributed by atoms with Gasteiger partial charge in [0.25, 0.3) is 0 Å². The van der Waals surface area contributed by atoms with E-state index in [2.05, 4.69) is 0 Å². The van der Waals surface area contributed by atoms with Gasteiger partial charge in [-0.15, -0.1) is 0 Å². The van der Waals surface area contributed by atoms with Crippen molar-refractivity contribution in [2.24, 2.45) is 0 Å². The van der Waals surface area contributed by atoms with E-state index in [0.29, 0.717) is 0 Å². The average molecular weight is 235 g/mol. The summed E-state index contributed by atoms with van der Waals surface area (Å²) >= 11 is 0. The molecule has 0 aliphatic rings. The van der Waals surface area contributed by atoms with Gasteiger partial charge in [-0.2, -0.15) is 0 Å². The summed E-state index contributed by atoms with van der Waals surface area (Å²) < 4.78 is 0. The Kier molecular flexibility index (Phi) is 3230. The second-order valence-corrected chi connectivity index (χ2v) is 0. The van der Waals surface area contributed by atoms with Crippen LogP contribution in [0.3, 0.4) is 0 Å². The molecule has 0 rings (SSSR count). The number of halogens is 5. The number of hydrogen-bond acceptors (Lipinski definition) is 0. The van der Waals surface area contributed by atoms with Crippen LogP contribution < -0.4 is 23.5 Å². The minimum atomic E-state index is 0. The fourth-order valence-corrected chi connectivity index (χ4v) is 0. The van der Waals surface area contributed by atoms with Crippen molar-refractivity contribution < 1.29 is 40.9 Å². The minimum Gasteiger partial charge on any atom is -1.00 e. The van der Waals surface area contributed by atoms with Crippen LogP contribution in [0.4, 0.5) is 0 Å². The summed E-state index contributed by atoms with van der Waals surface area (Å²) in [6, 6.07) is 0. The zero-order chi connectivity index (χ0) is 0. The summed E-state index contributed by atoms with van der Waals surface area (Å²) in [6.45, 7) is 0. The van der Waals surface area contributed by atoms with Crippen molar-refractivity contribution in [2.75, 3.05) is 0 Å². The summed E-state index contributed by atoms with van der Waals surface area (Å²) in [5.74, 6) is 0. The molecule has 0 unspecified atom stereocenters. The zero-order valence-electron chi connectivity index (χ0n) is 3.01. The van der Waals surface area contributed by atoms with E-state index in [1.165, 1.54) is 0 Å². The van der Waals surface area contributed by atoms with Crippen LogP contribution in [0.1, 0.15) is 0 Å². The van der Waals surface area contributed by atoms with Gasteiger partial charge in [0.1, 0.15) is 0 Å². The van der Waals surface area contributed by atoms with E-state index in [1.807, 2.05) is 0 Å². The molecule has 7 heteroatoms. The monoisotopic (exact) mass is 235 g/mol. The predicted molar refractivity (Wildman–Crippen MR) is 5.75 cm³/mol. The van der Waals surface area contributed by atoms with E-state index >= 15 is 0 Å². The molecule has 0 saturated carbocycles. The van der Waals surface area contributed by atoms with E-state index in [9.17, 15) is 0 Å². The summed E-state index contributed by atoms with van der Waals surface area (Å²) in [5.41, 5.74) is 0. The van der Waals surface area contributed by atoms with E-state index in [0.717, 1.165) is 0 Å². The third kappa shape index (κ3) is 88.9. The predicted octanol–water partition coefficient (Wildman–Crippen LogP) is -15.4. The van der Waals surface area contributed by atoms with E-state index in [4.69, 9.17) is 0 Å². The molecule has 0 aliphatic heterocycles. The van der Waals surface area contributed by atoms with Crippen LogP contribution in [0.15, 0.2) is 0 Å². The fraction of sp³-hybridized carbons (Fsp3) is 0. The smallest absolute Gasteiger partial charge is 1.00 e. The minimum absolute atomic E-state index is 0. The molecule has 0 nitrogen and oxygen atoms in total. The van der Waals surface area contributed by atoms with Crippen LogP contribution in [0.5, 0.6) is 0 Å². The second kappa shape index (κ2) is 123. The van der Waals surface area contributed by atoms with Crippen molar-refractivity contribution in [3.05, 3.63) is 0 Å².